The summed E-state index contributed by atoms with van der Waals surface area (Å²) in [6.45, 7) is 2.87. The molecule has 196 valence electrons. The van der Waals surface area contributed by atoms with Gasteiger partial charge in [-0.15, -0.1) is 0 Å². The number of ether oxygens (including phenoxy) is 2. The van der Waals surface area contributed by atoms with E-state index in [1.54, 1.807) is 25.5 Å². The van der Waals surface area contributed by atoms with Crippen LogP contribution in [0.25, 0.3) is 22.0 Å². The molecule has 5 rings (SSSR count). The van der Waals surface area contributed by atoms with E-state index < -0.39 is 6.52 Å². The fourth-order valence-corrected chi connectivity index (χ4v) is 4.95. The van der Waals surface area contributed by atoms with E-state index in [0.29, 0.717) is 55.1 Å². The maximum atomic E-state index is 9.83. The first kappa shape index (κ1) is 24.8. The second kappa shape index (κ2) is 11.1. The molecule has 1 N–H and O–H groups in total. The van der Waals surface area contributed by atoms with Crippen molar-refractivity contribution in [3.05, 3.63) is 64.2 Å². The van der Waals surface area contributed by atoms with Gasteiger partial charge in [0.25, 0.3) is 0 Å². The molecule has 1 aliphatic rings. The monoisotopic (exact) mass is 552 g/mol. The van der Waals surface area contributed by atoms with Gasteiger partial charge in [0.2, 0.25) is 0 Å². The Morgan fingerprint density at radius 2 is 1.84 bits per heavy atom. The number of hydrogen-bond donors (Lipinski definition) is 1. The van der Waals surface area contributed by atoms with Crippen molar-refractivity contribution in [1.29, 1.82) is 5.26 Å². The van der Waals surface area contributed by atoms with Crippen LogP contribution in [0.2, 0.25) is 10.0 Å². The third-order valence-corrected chi connectivity index (χ3v) is 7.20. The third kappa shape index (κ3) is 5.24. The van der Waals surface area contributed by atoms with Gasteiger partial charge >= 0.3 is 0 Å². The first-order chi connectivity index (χ1) is 18.8. The smallest absolute Gasteiger partial charge is 0.139 e. The number of nitrogens with one attached hydrogen (secondary N) is 1. The summed E-state index contributed by atoms with van der Waals surface area (Å²) in [5, 5.41) is 14.5. The van der Waals surface area contributed by atoms with Crippen molar-refractivity contribution in [1.82, 2.24) is 14.8 Å². The van der Waals surface area contributed by atoms with E-state index in [4.69, 9.17) is 38.5 Å². The summed E-state index contributed by atoms with van der Waals surface area (Å²) in [5.41, 5.74) is 3.55. The molecule has 0 saturated carbocycles. The van der Waals surface area contributed by atoms with E-state index in [9.17, 15) is 5.26 Å². The molecule has 0 spiro atoms. The number of fused-ring (bicyclic) bond motifs is 1. The van der Waals surface area contributed by atoms with Gasteiger partial charge in [0.15, 0.2) is 0 Å². The van der Waals surface area contributed by atoms with Crippen LogP contribution in [0.5, 0.6) is 11.5 Å². The highest BCUT2D eigenvalue weighted by atomic mass is 35.5. The number of benzene rings is 2. The normalized spacial score (nSPS) is 15.6. The first-order valence-electron chi connectivity index (χ1n) is 12.5. The van der Waals surface area contributed by atoms with Crippen molar-refractivity contribution in [3.63, 3.8) is 0 Å². The van der Waals surface area contributed by atoms with Gasteiger partial charge in [-0.25, -0.2) is 0 Å². The number of methoxy groups -OCH3 is 2. The van der Waals surface area contributed by atoms with E-state index in [-0.39, 0.29) is 0 Å². The molecule has 0 amide bonds. The van der Waals surface area contributed by atoms with Gasteiger partial charge in [0.05, 0.1) is 60.9 Å². The molecular weight excluding hydrogens is 525 g/mol. The van der Waals surface area contributed by atoms with Crippen LogP contribution in [0.1, 0.15) is 12.7 Å². The summed E-state index contributed by atoms with van der Waals surface area (Å²) in [6.07, 6.45) is 3.15. The fourth-order valence-electron chi connectivity index (χ4n) is 4.44. The number of pyridine rings is 1. The summed E-state index contributed by atoms with van der Waals surface area (Å²) >= 11 is 12.7. The number of nitrogens with zero attached hydrogens (tertiary/aromatic N) is 4. The van der Waals surface area contributed by atoms with Crippen molar-refractivity contribution >= 4 is 45.5 Å². The van der Waals surface area contributed by atoms with E-state index in [2.05, 4.69) is 33.2 Å². The van der Waals surface area contributed by atoms with Gasteiger partial charge < -0.3 is 24.1 Å². The van der Waals surface area contributed by atoms with Crippen molar-refractivity contribution < 1.29 is 15.3 Å². The summed E-state index contributed by atoms with van der Waals surface area (Å²) in [4.78, 5) is 8.88. The van der Waals surface area contributed by atoms with Crippen LogP contribution in [0.4, 0.5) is 11.4 Å². The minimum absolute atomic E-state index is 0.331. The van der Waals surface area contributed by atoms with E-state index in [0.717, 1.165) is 37.3 Å². The van der Waals surface area contributed by atoms with Crippen LogP contribution in [0.3, 0.4) is 0 Å². The van der Waals surface area contributed by atoms with E-state index in [1.807, 2.05) is 18.2 Å². The topological polar surface area (TPSA) is 86.8 Å². The SMILES string of the molecule is [2H]C(c1cc(-c2cc3ncc(C#N)c(Nc4cc(OC)c(Cl)cc4Cl)c3cc2OC)co1)N1CCN(C)CC1. The zero-order valence-corrected chi connectivity index (χ0v) is 22.7. The van der Waals surface area contributed by atoms with E-state index in [1.165, 1.54) is 13.3 Å². The predicted molar refractivity (Wildman–Crippen MR) is 150 cm³/mol. The van der Waals surface area contributed by atoms with Crippen LogP contribution in [0.15, 0.2) is 47.2 Å². The molecule has 1 unspecified atom stereocenters. The molecule has 0 bridgehead atoms. The van der Waals surface area contributed by atoms with Crippen LogP contribution in [0, 0.1) is 11.3 Å². The number of nitriles is 1. The van der Waals surface area contributed by atoms with Crippen molar-refractivity contribution in [2.24, 2.45) is 0 Å². The van der Waals surface area contributed by atoms with Crippen LogP contribution in [-0.2, 0) is 6.52 Å². The molecule has 1 fully saturated rings. The van der Waals surface area contributed by atoms with Gasteiger partial charge in [-0.2, -0.15) is 5.26 Å². The number of halogens is 2. The summed E-state index contributed by atoms with van der Waals surface area (Å²) in [6, 6.07) is 11.0. The maximum absolute atomic E-state index is 9.83. The average molecular weight is 553 g/mol. The Bertz CT molecular complexity index is 1560. The summed E-state index contributed by atoms with van der Waals surface area (Å²) in [5.74, 6) is 1.58. The lowest BCUT2D eigenvalue weighted by molar-refractivity contribution is 0.140. The molecular formula is C28H27Cl2N5O3. The van der Waals surface area contributed by atoms with Crippen molar-refractivity contribution in [3.8, 4) is 28.7 Å². The third-order valence-electron chi connectivity index (χ3n) is 6.59. The molecule has 1 aliphatic heterocycles. The Labute approximate surface area is 232 Å². The van der Waals surface area contributed by atoms with Gasteiger partial charge in [0.1, 0.15) is 23.3 Å². The van der Waals surface area contributed by atoms with Crippen LogP contribution >= 0.6 is 23.2 Å². The molecule has 1 atom stereocenters. The lowest BCUT2D eigenvalue weighted by atomic mass is 10.0. The standard InChI is InChI=1S/C28H27Cl2N5O3/c1-34-4-6-35(7-5-34)15-19-8-17(16-38-19)20-9-24-21(10-26(20)36-2)28(18(13-31)14-32-24)33-25-12-27(37-3)23(30)11-22(25)29/h8-12,14,16H,4-7,15H2,1-3H3,(H,32,33)/i15D. The van der Waals surface area contributed by atoms with Crippen molar-refractivity contribution in [2.45, 2.75) is 6.52 Å². The number of rotatable bonds is 7. The highest BCUT2D eigenvalue weighted by Gasteiger charge is 2.19. The highest BCUT2D eigenvalue weighted by molar-refractivity contribution is 6.37. The number of likely N-dealkylation sites (N-methyl/N-ethyl adjacent to an activating group) is 1. The number of piperazine rings is 1. The molecule has 10 heteroatoms. The van der Waals surface area contributed by atoms with Crippen LogP contribution in [-0.4, -0.2) is 62.2 Å². The van der Waals surface area contributed by atoms with Gasteiger partial charge in [-0.3, -0.25) is 9.88 Å². The lowest BCUT2D eigenvalue weighted by Crippen LogP contribution is -2.43. The second-order valence-electron chi connectivity index (χ2n) is 9.03. The van der Waals surface area contributed by atoms with Crippen LogP contribution < -0.4 is 14.8 Å². The highest BCUT2D eigenvalue weighted by Crippen LogP contribution is 2.41. The second-order valence-corrected chi connectivity index (χ2v) is 9.84. The average Bonchev–Trinajstić information content (AvgIpc) is 3.44. The lowest BCUT2D eigenvalue weighted by Gasteiger charge is -2.31. The molecule has 8 nitrogen and oxygen atoms in total. The molecule has 4 aromatic rings. The molecule has 3 heterocycles. The molecule has 0 radical (unpaired) electrons. The number of hydrogen-bond acceptors (Lipinski definition) is 8. The minimum atomic E-state index is -0.591. The van der Waals surface area contributed by atoms with E-state index >= 15 is 0 Å². The Morgan fingerprint density at radius 3 is 2.55 bits per heavy atom. The zero-order chi connectivity index (χ0) is 27.7. The maximum Gasteiger partial charge on any atom is 0.139 e. The van der Waals surface area contributed by atoms with Gasteiger partial charge in [0, 0.05) is 55.0 Å². The number of anilines is 2. The summed E-state index contributed by atoms with van der Waals surface area (Å²) in [7, 11) is 5.19. The Balaban J connectivity index is 1.54. The zero-order valence-electron chi connectivity index (χ0n) is 22.2. The van der Waals surface area contributed by atoms with Gasteiger partial charge in [-0.05, 0) is 31.3 Å². The molecule has 2 aromatic carbocycles. The molecule has 2 aromatic heterocycles. The largest absolute Gasteiger partial charge is 0.496 e. The number of furan rings is 1. The Kier molecular flexibility index (Phi) is 7.25. The molecule has 38 heavy (non-hydrogen) atoms. The predicted octanol–water partition coefficient (Wildman–Crippen LogP) is 6.18. The summed E-state index contributed by atoms with van der Waals surface area (Å²) < 4.78 is 25.7. The first-order valence-corrected chi connectivity index (χ1v) is 12.7. The quantitative estimate of drug-likeness (QED) is 0.290. The molecule has 1 saturated heterocycles. The van der Waals surface area contributed by atoms with Gasteiger partial charge in [-0.1, -0.05) is 23.2 Å². The fraction of sp³-hybridized carbons (Fsp3) is 0.286. The Hall–Kier alpha value is -3.48. The minimum Gasteiger partial charge on any atom is -0.496 e. The van der Waals surface area contributed by atoms with Crippen molar-refractivity contribution in [2.75, 3.05) is 52.8 Å². The Morgan fingerprint density at radius 1 is 1.08 bits per heavy atom. The molecule has 0 aliphatic carbocycles. The number of aromatic nitrogens is 1.